The fourth-order valence-corrected chi connectivity index (χ4v) is 3.44. The number of aryl methyl sites for hydroxylation is 4. The van der Waals surface area contributed by atoms with Gasteiger partial charge in [0.05, 0.1) is 0 Å². The molecule has 2 nitrogen and oxygen atoms in total. The van der Waals surface area contributed by atoms with Crippen molar-refractivity contribution in [2.24, 2.45) is 0 Å². The minimum atomic E-state index is 0.117. The van der Waals surface area contributed by atoms with Gasteiger partial charge in [-0.25, -0.2) is 0 Å². The molecule has 2 aliphatic carbocycles. The molecular weight excluding hydrogens is 284 g/mol. The third-order valence-electron chi connectivity index (χ3n) is 4.93. The average Bonchev–Trinajstić information content (AvgIpc) is 2.54. The molecule has 118 valence electrons. The number of Topliss-reactive ketones (excluding diaryl/α,β-unsaturated/α-hetero) is 2. The van der Waals surface area contributed by atoms with Crippen molar-refractivity contribution >= 4 is 11.6 Å². The number of rotatable bonds is 2. The molecule has 0 radical (unpaired) electrons. The van der Waals surface area contributed by atoms with Gasteiger partial charge in [0.1, 0.15) is 0 Å². The summed E-state index contributed by atoms with van der Waals surface area (Å²) in [7, 11) is 0. The quantitative estimate of drug-likeness (QED) is 0.776. The van der Waals surface area contributed by atoms with Crippen molar-refractivity contribution < 1.29 is 9.59 Å². The SMILES string of the molecule is CC(=O)c1cc2c(C)c(c1)CCc1ccc(cc1C(C)=O)CC2. The first-order chi connectivity index (χ1) is 11.0. The van der Waals surface area contributed by atoms with Gasteiger partial charge in [0.25, 0.3) is 0 Å². The van der Waals surface area contributed by atoms with E-state index in [0.717, 1.165) is 42.4 Å². The van der Waals surface area contributed by atoms with Gasteiger partial charge < -0.3 is 0 Å². The van der Waals surface area contributed by atoms with Crippen molar-refractivity contribution in [3.05, 3.63) is 69.3 Å². The second kappa shape index (κ2) is 6.11. The molecule has 0 saturated carbocycles. The van der Waals surface area contributed by atoms with Gasteiger partial charge in [0.2, 0.25) is 0 Å². The average molecular weight is 306 g/mol. The highest BCUT2D eigenvalue weighted by Crippen LogP contribution is 2.25. The standard InChI is InChI=1S/C21H22O2/c1-13-18-7-5-16-4-6-17(21(10-16)15(3)23)8-9-19(13)12-20(11-18)14(2)22/h4,6,10-12H,5,7-9H2,1-3H3. The Morgan fingerprint density at radius 3 is 2.00 bits per heavy atom. The Hall–Kier alpha value is -2.22. The Labute approximate surface area is 137 Å². The maximum atomic E-state index is 12.0. The van der Waals surface area contributed by atoms with Crippen LogP contribution in [-0.4, -0.2) is 11.6 Å². The van der Waals surface area contributed by atoms with Crippen molar-refractivity contribution in [1.82, 2.24) is 0 Å². The number of fused-ring (bicyclic) bond motifs is 4. The third kappa shape index (κ3) is 3.12. The van der Waals surface area contributed by atoms with Crippen molar-refractivity contribution in [2.45, 2.75) is 46.5 Å². The first-order valence-corrected chi connectivity index (χ1v) is 8.22. The smallest absolute Gasteiger partial charge is 0.160 e. The normalized spacial score (nSPS) is 13.5. The molecule has 0 atom stereocenters. The van der Waals surface area contributed by atoms with E-state index >= 15 is 0 Å². The van der Waals surface area contributed by atoms with Crippen LogP contribution in [0.2, 0.25) is 0 Å². The zero-order valence-corrected chi connectivity index (χ0v) is 14.0. The van der Waals surface area contributed by atoms with Gasteiger partial charge in [-0.15, -0.1) is 0 Å². The zero-order valence-electron chi connectivity index (χ0n) is 14.0. The number of hydrogen-bond acceptors (Lipinski definition) is 2. The molecule has 2 aliphatic rings. The van der Waals surface area contributed by atoms with E-state index in [2.05, 4.69) is 19.1 Å². The van der Waals surface area contributed by atoms with Crippen LogP contribution in [0.1, 0.15) is 62.4 Å². The van der Waals surface area contributed by atoms with Crippen LogP contribution in [0, 0.1) is 6.92 Å². The molecule has 2 aromatic rings. The Morgan fingerprint density at radius 2 is 1.39 bits per heavy atom. The van der Waals surface area contributed by atoms with Crippen molar-refractivity contribution in [2.75, 3.05) is 0 Å². The van der Waals surface area contributed by atoms with E-state index in [1.807, 2.05) is 18.2 Å². The molecule has 0 spiro atoms. The van der Waals surface area contributed by atoms with Crippen LogP contribution in [0.3, 0.4) is 0 Å². The van der Waals surface area contributed by atoms with Crippen LogP contribution in [-0.2, 0) is 25.7 Å². The largest absolute Gasteiger partial charge is 0.295 e. The van der Waals surface area contributed by atoms with Crippen molar-refractivity contribution in [3.8, 4) is 0 Å². The Balaban J connectivity index is 2.11. The third-order valence-corrected chi connectivity index (χ3v) is 4.93. The van der Waals surface area contributed by atoms with E-state index in [4.69, 9.17) is 0 Å². The summed E-state index contributed by atoms with van der Waals surface area (Å²) in [6, 6.07) is 10.4. The molecular formula is C21H22O2. The van der Waals surface area contributed by atoms with E-state index < -0.39 is 0 Å². The molecule has 0 heterocycles. The van der Waals surface area contributed by atoms with E-state index in [-0.39, 0.29) is 11.6 Å². The Bertz CT molecular complexity index is 800. The fraction of sp³-hybridized carbons (Fsp3) is 0.333. The summed E-state index contributed by atoms with van der Waals surface area (Å²) in [6.45, 7) is 5.42. The molecule has 4 bridgehead atoms. The van der Waals surface area contributed by atoms with Crippen molar-refractivity contribution in [3.63, 3.8) is 0 Å². The lowest BCUT2D eigenvalue weighted by Gasteiger charge is -2.13. The molecule has 0 unspecified atom stereocenters. The maximum absolute atomic E-state index is 12.0. The van der Waals surface area contributed by atoms with Crippen LogP contribution in [0.15, 0.2) is 30.3 Å². The molecule has 0 aliphatic heterocycles. The van der Waals surface area contributed by atoms with Crippen LogP contribution < -0.4 is 0 Å². The van der Waals surface area contributed by atoms with E-state index in [0.29, 0.717) is 0 Å². The van der Waals surface area contributed by atoms with Gasteiger partial charge >= 0.3 is 0 Å². The Kier molecular flexibility index (Phi) is 4.16. The fourth-order valence-electron chi connectivity index (χ4n) is 3.44. The second-order valence-corrected chi connectivity index (χ2v) is 6.52. The summed E-state index contributed by atoms with van der Waals surface area (Å²) in [5.41, 5.74) is 7.72. The highest BCUT2D eigenvalue weighted by atomic mass is 16.1. The minimum absolute atomic E-state index is 0.117. The number of ketones is 2. The van der Waals surface area contributed by atoms with E-state index in [1.165, 1.54) is 22.3 Å². The van der Waals surface area contributed by atoms with Gasteiger partial charge in [0.15, 0.2) is 11.6 Å². The molecule has 2 aromatic carbocycles. The number of hydrogen-bond donors (Lipinski definition) is 0. The number of benzene rings is 2. The molecule has 0 aromatic heterocycles. The van der Waals surface area contributed by atoms with E-state index in [1.54, 1.807) is 13.8 Å². The summed E-state index contributed by atoms with van der Waals surface area (Å²) in [5.74, 6) is 0.250. The second-order valence-electron chi connectivity index (χ2n) is 6.52. The molecule has 0 fully saturated rings. The molecule has 23 heavy (non-hydrogen) atoms. The van der Waals surface area contributed by atoms with Crippen LogP contribution in [0.4, 0.5) is 0 Å². The summed E-state index contributed by atoms with van der Waals surface area (Å²) >= 11 is 0. The van der Waals surface area contributed by atoms with Gasteiger partial charge in [-0.1, -0.05) is 12.1 Å². The van der Waals surface area contributed by atoms with Gasteiger partial charge in [-0.2, -0.15) is 0 Å². The lowest BCUT2D eigenvalue weighted by molar-refractivity contribution is 0.100. The van der Waals surface area contributed by atoms with Crippen LogP contribution >= 0.6 is 0 Å². The van der Waals surface area contributed by atoms with Gasteiger partial charge in [-0.05, 0) is 92.5 Å². The predicted molar refractivity (Wildman–Crippen MR) is 92.4 cm³/mol. The highest BCUT2D eigenvalue weighted by Gasteiger charge is 2.15. The monoisotopic (exact) mass is 306 g/mol. The van der Waals surface area contributed by atoms with Crippen LogP contribution in [0.5, 0.6) is 0 Å². The molecule has 0 amide bonds. The summed E-state index contributed by atoms with van der Waals surface area (Å²) < 4.78 is 0. The predicted octanol–water partition coefficient (Wildman–Crippen LogP) is 4.28. The lowest BCUT2D eigenvalue weighted by atomic mass is 9.91. The molecule has 0 N–H and O–H groups in total. The zero-order chi connectivity index (χ0) is 16.6. The topological polar surface area (TPSA) is 34.1 Å². The van der Waals surface area contributed by atoms with Gasteiger partial charge in [0, 0.05) is 11.1 Å². The number of carbonyl (C=O) groups is 2. The summed E-state index contributed by atoms with van der Waals surface area (Å²) in [5, 5.41) is 0. The first kappa shape index (κ1) is 15.7. The molecule has 2 heteroatoms. The maximum Gasteiger partial charge on any atom is 0.160 e. The highest BCUT2D eigenvalue weighted by molar-refractivity contribution is 5.96. The van der Waals surface area contributed by atoms with Gasteiger partial charge in [-0.3, -0.25) is 9.59 Å². The molecule has 0 saturated heterocycles. The lowest BCUT2D eigenvalue weighted by Crippen LogP contribution is -2.04. The minimum Gasteiger partial charge on any atom is -0.295 e. The van der Waals surface area contributed by atoms with Crippen LogP contribution in [0.25, 0.3) is 0 Å². The Morgan fingerprint density at radius 1 is 0.783 bits per heavy atom. The summed E-state index contributed by atoms with van der Waals surface area (Å²) in [4.78, 5) is 23.8. The summed E-state index contributed by atoms with van der Waals surface area (Å²) in [6.07, 6.45) is 3.48. The molecule has 4 rings (SSSR count). The number of carbonyl (C=O) groups excluding carboxylic acids is 2. The first-order valence-electron chi connectivity index (χ1n) is 8.22. The van der Waals surface area contributed by atoms with E-state index in [9.17, 15) is 9.59 Å². The van der Waals surface area contributed by atoms with Crippen molar-refractivity contribution in [1.29, 1.82) is 0 Å².